The summed E-state index contributed by atoms with van der Waals surface area (Å²) in [5, 5.41) is 42.3. The number of unbranched alkanes of at least 4 members (excludes halogenated alkanes) is 10. The van der Waals surface area contributed by atoms with Gasteiger partial charge in [0.1, 0.15) is 0 Å². The lowest BCUT2D eigenvalue weighted by molar-refractivity contribution is -0.170. The van der Waals surface area contributed by atoms with Crippen molar-refractivity contribution < 1.29 is 61.1 Å². The molecular formula is C20H44MgO12. The Balaban J connectivity index is -0.000000100. The molecule has 0 heterocycles. The maximum absolute atomic E-state index is 10.3. The van der Waals surface area contributed by atoms with E-state index in [0.29, 0.717) is 6.42 Å². The van der Waals surface area contributed by atoms with Gasteiger partial charge in [-0.05, 0) is 6.42 Å². The van der Waals surface area contributed by atoms with Crippen LogP contribution in [0.2, 0.25) is 0 Å². The molecule has 11 N–H and O–H groups in total. The number of carboxylic acids is 4. The van der Waals surface area contributed by atoms with Gasteiger partial charge in [-0.1, -0.05) is 71.1 Å². The second-order valence-corrected chi connectivity index (χ2v) is 7.16. The number of rotatable bonds is 17. The average molecular weight is 501 g/mol. The van der Waals surface area contributed by atoms with E-state index in [1.807, 2.05) is 0 Å². The molecule has 0 saturated carbocycles. The van der Waals surface area contributed by atoms with E-state index >= 15 is 0 Å². The van der Waals surface area contributed by atoms with E-state index in [2.05, 4.69) is 6.92 Å². The molecule has 12 nitrogen and oxygen atoms in total. The Morgan fingerprint density at radius 3 is 1.12 bits per heavy atom. The summed E-state index contributed by atoms with van der Waals surface area (Å²) in [5.41, 5.74) is -2.74. The molecule has 0 saturated heterocycles. The van der Waals surface area contributed by atoms with E-state index < -0.39 is 42.3 Å². The van der Waals surface area contributed by atoms with Crippen molar-refractivity contribution in [3.05, 3.63) is 0 Å². The smallest absolute Gasteiger partial charge is 0.336 e. The molecular weight excluding hydrogens is 457 g/mol. The van der Waals surface area contributed by atoms with Crippen molar-refractivity contribution in [2.24, 2.45) is 0 Å². The zero-order valence-corrected chi connectivity index (χ0v) is 18.8. The summed E-state index contributed by atoms with van der Waals surface area (Å²) in [6.45, 7) is 2.25. The van der Waals surface area contributed by atoms with Crippen LogP contribution in [0.4, 0.5) is 0 Å². The first-order valence-electron chi connectivity index (χ1n) is 10.2. The number of hydrogen-bond donors (Lipinski definition) is 5. The Bertz CT molecular complexity index is 483. The van der Waals surface area contributed by atoms with E-state index in [9.17, 15) is 19.2 Å². The predicted octanol–water partition coefficient (Wildman–Crippen LogP) is 0.133. The Morgan fingerprint density at radius 2 is 0.879 bits per heavy atom. The molecule has 0 radical (unpaired) electrons. The van der Waals surface area contributed by atoms with Gasteiger partial charge in [-0.2, -0.15) is 0 Å². The van der Waals surface area contributed by atoms with E-state index in [4.69, 9.17) is 25.5 Å². The maximum atomic E-state index is 10.3. The van der Waals surface area contributed by atoms with Crippen LogP contribution in [0.1, 0.15) is 96.8 Å². The van der Waals surface area contributed by atoms with Crippen molar-refractivity contribution in [2.75, 3.05) is 0 Å². The van der Waals surface area contributed by atoms with Gasteiger partial charge in [0.05, 0.1) is 12.8 Å². The molecule has 0 aromatic carbocycles. The largest absolute Gasteiger partial charge is 0.481 e. The molecule has 0 fully saturated rings. The number of aliphatic hydroxyl groups is 1. The predicted molar refractivity (Wildman–Crippen MR) is 125 cm³/mol. The first-order valence-corrected chi connectivity index (χ1v) is 10.2. The molecule has 33 heavy (non-hydrogen) atoms. The van der Waals surface area contributed by atoms with Gasteiger partial charge in [-0.3, -0.25) is 14.4 Å². The molecule has 0 rings (SSSR count). The first-order chi connectivity index (χ1) is 13.5. The molecule has 0 bridgehead atoms. The van der Waals surface area contributed by atoms with Gasteiger partial charge in [0.15, 0.2) is 5.60 Å². The van der Waals surface area contributed by atoms with Crippen LogP contribution < -0.4 is 0 Å². The molecule has 0 aromatic heterocycles. The van der Waals surface area contributed by atoms with Crippen LogP contribution in [0.15, 0.2) is 0 Å². The van der Waals surface area contributed by atoms with Crippen LogP contribution >= 0.6 is 0 Å². The van der Waals surface area contributed by atoms with Gasteiger partial charge in [-0.25, -0.2) is 4.79 Å². The molecule has 0 unspecified atom stereocenters. The highest BCUT2D eigenvalue weighted by atomic mass is 24.3. The maximum Gasteiger partial charge on any atom is 0.336 e. The van der Waals surface area contributed by atoms with Crippen LogP contribution in [0.3, 0.4) is 0 Å². The monoisotopic (exact) mass is 500 g/mol. The van der Waals surface area contributed by atoms with E-state index in [1.165, 1.54) is 57.8 Å². The van der Waals surface area contributed by atoms with Crippen LogP contribution in [-0.2, 0) is 19.2 Å². The number of carboxylic acid groups (broad SMARTS) is 4. The summed E-state index contributed by atoms with van der Waals surface area (Å²) in [6, 6.07) is 0. The molecule has 0 aromatic rings. The summed E-state index contributed by atoms with van der Waals surface area (Å²) in [6.07, 6.45) is 12.1. The number of aliphatic carboxylic acids is 4. The lowest BCUT2D eigenvalue weighted by Gasteiger charge is -2.18. The summed E-state index contributed by atoms with van der Waals surface area (Å²) in [5.74, 6) is -5.68. The van der Waals surface area contributed by atoms with Crippen molar-refractivity contribution in [1.29, 1.82) is 0 Å². The third kappa shape index (κ3) is 32.7. The molecule has 0 amide bonds. The van der Waals surface area contributed by atoms with Gasteiger partial charge in [-0.15, -0.1) is 0 Å². The minimum atomic E-state index is -2.74. The van der Waals surface area contributed by atoms with Gasteiger partial charge in [0.25, 0.3) is 0 Å². The quantitative estimate of drug-likeness (QED) is 0.134. The fraction of sp³-hybridized carbons (Fsp3) is 0.800. The fourth-order valence-corrected chi connectivity index (χ4v) is 2.65. The average Bonchev–Trinajstić information content (AvgIpc) is 2.58. The molecule has 13 heteroatoms. The highest BCUT2D eigenvalue weighted by molar-refractivity contribution is 5.88. The van der Waals surface area contributed by atoms with Gasteiger partial charge < -0.3 is 42.0 Å². The molecule has 0 aliphatic heterocycles. The number of hydrogen-bond acceptors (Lipinski definition) is 5. The minimum absolute atomic E-state index is 0. The molecule has 0 spiro atoms. The SMILES string of the molecule is CCCCCCCCCCCCCC(=O)O.O.O.O.O=C(O)CC(O)(CC(=O)O)C(=O)O.[MgH2]. The van der Waals surface area contributed by atoms with Crippen molar-refractivity contribution >= 4 is 46.9 Å². The lowest BCUT2D eigenvalue weighted by Crippen LogP contribution is -2.42. The third-order valence-electron chi connectivity index (χ3n) is 4.28. The van der Waals surface area contributed by atoms with Crippen LogP contribution in [0, 0.1) is 0 Å². The minimum Gasteiger partial charge on any atom is -0.481 e. The molecule has 0 aliphatic rings. The van der Waals surface area contributed by atoms with Crippen molar-refractivity contribution in [3.63, 3.8) is 0 Å². The van der Waals surface area contributed by atoms with E-state index in [1.54, 1.807) is 0 Å². The highest BCUT2D eigenvalue weighted by Gasteiger charge is 2.40. The fourth-order valence-electron chi connectivity index (χ4n) is 2.65. The molecule has 0 aliphatic carbocycles. The van der Waals surface area contributed by atoms with Crippen LogP contribution in [-0.4, -0.2) is 94.5 Å². The Labute approximate surface area is 210 Å². The number of carbonyl (C=O) groups is 4. The van der Waals surface area contributed by atoms with Gasteiger partial charge in [0.2, 0.25) is 0 Å². The van der Waals surface area contributed by atoms with Gasteiger partial charge >= 0.3 is 46.9 Å². The Morgan fingerprint density at radius 1 is 0.576 bits per heavy atom. The zero-order chi connectivity index (χ0) is 22.7. The summed E-state index contributed by atoms with van der Waals surface area (Å²) in [4.78, 5) is 40.7. The highest BCUT2D eigenvalue weighted by Crippen LogP contribution is 2.15. The Kier molecular flexibility index (Phi) is 38.9. The van der Waals surface area contributed by atoms with E-state index in [-0.39, 0.29) is 39.5 Å². The summed E-state index contributed by atoms with van der Waals surface area (Å²) >= 11 is 0. The molecule has 0 atom stereocenters. The summed E-state index contributed by atoms with van der Waals surface area (Å²) < 4.78 is 0. The van der Waals surface area contributed by atoms with Crippen LogP contribution in [0.5, 0.6) is 0 Å². The second-order valence-electron chi connectivity index (χ2n) is 7.16. The van der Waals surface area contributed by atoms with Crippen LogP contribution in [0.25, 0.3) is 0 Å². The van der Waals surface area contributed by atoms with Crippen molar-refractivity contribution in [3.8, 4) is 0 Å². The Hall–Kier alpha value is -1.51. The second kappa shape index (κ2) is 28.5. The van der Waals surface area contributed by atoms with Gasteiger partial charge in [0, 0.05) is 6.42 Å². The normalized spacial score (nSPS) is 9.39. The van der Waals surface area contributed by atoms with Crippen molar-refractivity contribution in [1.82, 2.24) is 0 Å². The summed E-state index contributed by atoms with van der Waals surface area (Å²) in [7, 11) is 0. The topological polar surface area (TPSA) is 264 Å². The zero-order valence-electron chi connectivity index (χ0n) is 18.8. The first kappa shape index (κ1) is 45.1. The van der Waals surface area contributed by atoms with Crippen molar-refractivity contribution in [2.45, 2.75) is 102 Å². The van der Waals surface area contributed by atoms with E-state index in [0.717, 1.165) is 12.8 Å². The third-order valence-corrected chi connectivity index (χ3v) is 4.28. The molecule has 198 valence electrons. The lowest BCUT2D eigenvalue weighted by atomic mass is 9.96. The standard InChI is InChI=1S/C14H28O2.C6H8O7.Mg.3H2O.2H/c1-2-3-4-5-6-7-8-9-10-11-12-13-14(15)16;7-3(8)1-6(13,5(11)12)2-4(9)10;;;;;;/h2-13H2,1H3,(H,15,16);13H,1-2H2,(H,7,8)(H,9,10)(H,11,12);;3*1H2;;.